The second-order valence-electron chi connectivity index (χ2n) is 7.88. The number of fused-ring (bicyclic) bond motifs is 1. The summed E-state index contributed by atoms with van der Waals surface area (Å²) in [5, 5.41) is 0. The first-order valence-corrected chi connectivity index (χ1v) is 11.7. The molecule has 3 aliphatic heterocycles. The highest BCUT2D eigenvalue weighted by molar-refractivity contribution is 7.88. The number of carbonyl (C=O) groups excluding carboxylic acids is 2. The molecule has 3 rings (SSSR count). The Morgan fingerprint density at radius 1 is 1.15 bits per heavy atom. The second kappa shape index (κ2) is 7.84. The number of hydrogen-bond donors (Lipinski definition) is 0. The van der Waals surface area contributed by atoms with E-state index < -0.39 is 10.0 Å². The van der Waals surface area contributed by atoms with E-state index in [1.807, 2.05) is 6.92 Å². The van der Waals surface area contributed by atoms with E-state index in [2.05, 4.69) is 4.90 Å². The lowest BCUT2D eigenvalue weighted by Crippen LogP contribution is -2.44. The van der Waals surface area contributed by atoms with Gasteiger partial charge in [-0.05, 0) is 38.8 Å². The number of amides is 2. The fourth-order valence-corrected chi connectivity index (χ4v) is 6.08. The van der Waals surface area contributed by atoms with Crippen LogP contribution in [0.4, 0.5) is 0 Å². The van der Waals surface area contributed by atoms with E-state index in [-0.39, 0.29) is 29.8 Å². The molecule has 8 heteroatoms. The molecule has 26 heavy (non-hydrogen) atoms. The summed E-state index contributed by atoms with van der Waals surface area (Å²) >= 11 is 0. The van der Waals surface area contributed by atoms with E-state index in [4.69, 9.17) is 0 Å². The van der Waals surface area contributed by atoms with E-state index in [9.17, 15) is 18.0 Å². The first kappa shape index (κ1) is 19.6. The third-order valence-electron chi connectivity index (χ3n) is 6.04. The van der Waals surface area contributed by atoms with Gasteiger partial charge >= 0.3 is 0 Å². The average molecular weight is 386 g/mol. The Labute approximate surface area is 156 Å². The summed E-state index contributed by atoms with van der Waals surface area (Å²) in [5.74, 6) is -0.647. The van der Waals surface area contributed by atoms with Crippen LogP contribution in [-0.4, -0.2) is 78.9 Å². The molecule has 0 aromatic heterocycles. The lowest BCUT2D eigenvalue weighted by Gasteiger charge is -2.30. The van der Waals surface area contributed by atoms with E-state index in [0.29, 0.717) is 25.8 Å². The standard InChI is InChI=1S/C18H31N3O4S/c1-3-7-14-17-15(21(18(14)23)26(2,24)25)8-13-20(17)16(22)9-12-19-10-5-4-6-11-19/h14-15,17H,3-13H2,1-2H3. The molecule has 0 aliphatic carbocycles. The van der Waals surface area contributed by atoms with Gasteiger partial charge in [-0.25, -0.2) is 12.7 Å². The van der Waals surface area contributed by atoms with Crippen molar-refractivity contribution in [2.45, 2.75) is 64.0 Å². The van der Waals surface area contributed by atoms with Gasteiger partial charge in [0.15, 0.2) is 0 Å². The number of carbonyl (C=O) groups is 2. The number of piperidine rings is 1. The molecule has 3 atom stereocenters. The van der Waals surface area contributed by atoms with E-state index in [0.717, 1.165) is 36.6 Å². The predicted molar refractivity (Wildman–Crippen MR) is 98.9 cm³/mol. The predicted octanol–water partition coefficient (Wildman–Crippen LogP) is 1.05. The minimum atomic E-state index is -3.60. The maximum absolute atomic E-state index is 12.9. The molecule has 0 saturated carbocycles. The maximum atomic E-state index is 12.9. The Morgan fingerprint density at radius 2 is 1.85 bits per heavy atom. The number of rotatable bonds is 6. The topological polar surface area (TPSA) is 78.0 Å². The van der Waals surface area contributed by atoms with Gasteiger partial charge in [0.25, 0.3) is 0 Å². The molecule has 3 fully saturated rings. The molecule has 0 aromatic rings. The van der Waals surface area contributed by atoms with Crippen molar-refractivity contribution >= 4 is 21.8 Å². The van der Waals surface area contributed by atoms with Crippen LogP contribution in [0.1, 0.15) is 51.9 Å². The van der Waals surface area contributed by atoms with Crippen LogP contribution in [-0.2, 0) is 19.6 Å². The molecule has 2 amide bonds. The highest BCUT2D eigenvalue weighted by Crippen LogP contribution is 2.40. The Hall–Kier alpha value is -1.15. The Bertz CT molecular complexity index is 645. The van der Waals surface area contributed by atoms with Gasteiger partial charge in [-0.3, -0.25) is 9.59 Å². The van der Waals surface area contributed by atoms with Gasteiger partial charge in [0.05, 0.1) is 24.3 Å². The van der Waals surface area contributed by atoms with E-state index in [1.54, 1.807) is 4.90 Å². The molecule has 0 N–H and O–H groups in total. The quantitative estimate of drug-likeness (QED) is 0.683. The van der Waals surface area contributed by atoms with Crippen LogP contribution in [0.25, 0.3) is 0 Å². The fraction of sp³-hybridized carbons (Fsp3) is 0.889. The molecule has 3 aliphatic rings. The van der Waals surface area contributed by atoms with Crippen molar-refractivity contribution in [1.82, 2.24) is 14.1 Å². The van der Waals surface area contributed by atoms with E-state index >= 15 is 0 Å². The second-order valence-corrected chi connectivity index (χ2v) is 9.74. The minimum Gasteiger partial charge on any atom is -0.337 e. The molecule has 0 aromatic carbocycles. The van der Waals surface area contributed by atoms with Crippen LogP contribution in [0.3, 0.4) is 0 Å². The molecule has 0 radical (unpaired) electrons. The van der Waals surface area contributed by atoms with Gasteiger partial charge < -0.3 is 9.80 Å². The summed E-state index contributed by atoms with van der Waals surface area (Å²) in [6.45, 7) is 5.40. The van der Waals surface area contributed by atoms with Crippen LogP contribution >= 0.6 is 0 Å². The fourth-order valence-electron chi connectivity index (χ4n) is 4.90. The Kier molecular flexibility index (Phi) is 5.91. The van der Waals surface area contributed by atoms with Crippen LogP contribution in [0.15, 0.2) is 0 Å². The molecular formula is C18H31N3O4S. The van der Waals surface area contributed by atoms with E-state index in [1.165, 1.54) is 19.3 Å². The number of hydrogen-bond acceptors (Lipinski definition) is 5. The van der Waals surface area contributed by atoms with Gasteiger partial charge in [0, 0.05) is 19.5 Å². The third-order valence-corrected chi connectivity index (χ3v) is 7.20. The smallest absolute Gasteiger partial charge is 0.241 e. The van der Waals surface area contributed by atoms with Crippen molar-refractivity contribution in [3.8, 4) is 0 Å². The Morgan fingerprint density at radius 3 is 2.46 bits per heavy atom. The monoisotopic (exact) mass is 385 g/mol. The Balaban J connectivity index is 1.71. The highest BCUT2D eigenvalue weighted by atomic mass is 32.2. The van der Waals surface area contributed by atoms with Gasteiger partial charge in [0.1, 0.15) is 0 Å². The molecule has 3 unspecified atom stereocenters. The molecule has 3 saturated heterocycles. The highest BCUT2D eigenvalue weighted by Gasteiger charge is 2.56. The van der Waals surface area contributed by atoms with Crippen molar-refractivity contribution in [3.63, 3.8) is 0 Å². The molecule has 3 heterocycles. The molecule has 0 bridgehead atoms. The van der Waals surface area contributed by atoms with Crippen molar-refractivity contribution in [2.24, 2.45) is 5.92 Å². The average Bonchev–Trinajstić information content (AvgIpc) is 3.12. The lowest BCUT2D eigenvalue weighted by atomic mass is 9.94. The summed E-state index contributed by atoms with van der Waals surface area (Å²) in [7, 11) is -3.60. The molecule has 148 valence electrons. The summed E-state index contributed by atoms with van der Waals surface area (Å²) in [6.07, 6.45) is 7.18. The summed E-state index contributed by atoms with van der Waals surface area (Å²) in [5.41, 5.74) is 0. The third kappa shape index (κ3) is 3.76. The van der Waals surface area contributed by atoms with Crippen molar-refractivity contribution in [3.05, 3.63) is 0 Å². The molecule has 7 nitrogen and oxygen atoms in total. The number of nitrogens with zero attached hydrogens (tertiary/aromatic N) is 3. The minimum absolute atomic E-state index is 0.0623. The van der Waals surface area contributed by atoms with Crippen molar-refractivity contribution < 1.29 is 18.0 Å². The summed E-state index contributed by atoms with van der Waals surface area (Å²) in [6, 6.07) is -0.668. The number of likely N-dealkylation sites (tertiary alicyclic amines) is 2. The van der Waals surface area contributed by atoms with Crippen molar-refractivity contribution in [1.29, 1.82) is 0 Å². The van der Waals surface area contributed by atoms with Gasteiger partial charge in [-0.1, -0.05) is 19.8 Å². The first-order chi connectivity index (χ1) is 12.3. The van der Waals surface area contributed by atoms with Crippen LogP contribution < -0.4 is 0 Å². The van der Waals surface area contributed by atoms with Gasteiger partial charge in [-0.15, -0.1) is 0 Å². The maximum Gasteiger partial charge on any atom is 0.241 e. The number of sulfonamides is 1. The largest absolute Gasteiger partial charge is 0.337 e. The van der Waals surface area contributed by atoms with Crippen LogP contribution in [0.2, 0.25) is 0 Å². The normalized spacial score (nSPS) is 30.1. The summed E-state index contributed by atoms with van der Waals surface area (Å²) in [4.78, 5) is 29.7. The van der Waals surface area contributed by atoms with Crippen molar-refractivity contribution in [2.75, 3.05) is 32.4 Å². The summed E-state index contributed by atoms with van der Waals surface area (Å²) < 4.78 is 25.3. The van der Waals surface area contributed by atoms with Crippen LogP contribution in [0.5, 0.6) is 0 Å². The lowest BCUT2D eigenvalue weighted by molar-refractivity contribution is -0.134. The SMILES string of the molecule is CCCC1C(=O)N(S(C)(=O)=O)C2CCN(C(=O)CCN3CCCCC3)C12. The van der Waals surface area contributed by atoms with Crippen LogP contribution in [0, 0.1) is 5.92 Å². The molecular weight excluding hydrogens is 354 g/mol. The van der Waals surface area contributed by atoms with Gasteiger partial charge in [-0.2, -0.15) is 0 Å². The zero-order valence-corrected chi connectivity index (χ0v) is 16.7. The molecule has 0 spiro atoms. The van der Waals surface area contributed by atoms with Gasteiger partial charge in [0.2, 0.25) is 21.8 Å². The zero-order chi connectivity index (χ0) is 18.9. The zero-order valence-electron chi connectivity index (χ0n) is 15.9. The first-order valence-electron chi connectivity index (χ1n) is 9.89.